The number of aryl methyl sites for hydroxylation is 1. The van der Waals surface area contributed by atoms with Gasteiger partial charge in [0.15, 0.2) is 5.82 Å². The fourth-order valence-corrected chi connectivity index (χ4v) is 3.37. The molecule has 0 fully saturated rings. The summed E-state index contributed by atoms with van der Waals surface area (Å²) in [6.45, 7) is 4.19. The molecule has 2 N–H and O–H groups in total. The Labute approximate surface area is 173 Å². The first kappa shape index (κ1) is 20.2. The van der Waals surface area contributed by atoms with Crippen molar-refractivity contribution in [2.45, 2.75) is 31.7 Å². The first-order valence-corrected chi connectivity index (χ1v) is 10.1. The number of hydrogen-bond donors (Lipinski definition) is 2. The van der Waals surface area contributed by atoms with Gasteiger partial charge in [0.25, 0.3) is 0 Å². The molecule has 0 aliphatic rings. The van der Waals surface area contributed by atoms with Gasteiger partial charge in [-0.1, -0.05) is 53.7 Å². The van der Waals surface area contributed by atoms with E-state index in [9.17, 15) is 4.79 Å². The maximum absolute atomic E-state index is 12.2. The SMILES string of the molecule is Cc1ccccc1OCc1nc(SCC(=O)N[C@@H](C)c2cccc(Cl)c2)n[nH]1. The van der Waals surface area contributed by atoms with Crippen molar-refractivity contribution in [3.63, 3.8) is 0 Å². The summed E-state index contributed by atoms with van der Waals surface area (Å²) >= 11 is 7.26. The highest BCUT2D eigenvalue weighted by Gasteiger charge is 2.12. The minimum atomic E-state index is -0.128. The van der Waals surface area contributed by atoms with E-state index in [0.717, 1.165) is 16.9 Å². The number of thioether (sulfide) groups is 1. The molecule has 0 unspecified atom stereocenters. The Morgan fingerprint density at radius 3 is 2.89 bits per heavy atom. The van der Waals surface area contributed by atoms with E-state index < -0.39 is 0 Å². The van der Waals surface area contributed by atoms with E-state index >= 15 is 0 Å². The molecule has 6 nitrogen and oxygen atoms in total. The lowest BCUT2D eigenvalue weighted by Gasteiger charge is -2.14. The molecule has 1 aromatic heterocycles. The van der Waals surface area contributed by atoms with Crippen molar-refractivity contribution >= 4 is 29.3 Å². The monoisotopic (exact) mass is 416 g/mol. The summed E-state index contributed by atoms with van der Waals surface area (Å²) in [5, 5.41) is 11.1. The molecule has 1 amide bonds. The fraction of sp³-hybridized carbons (Fsp3) is 0.250. The highest BCUT2D eigenvalue weighted by molar-refractivity contribution is 7.99. The molecule has 3 rings (SSSR count). The van der Waals surface area contributed by atoms with Crippen LogP contribution in [0, 0.1) is 6.92 Å². The smallest absolute Gasteiger partial charge is 0.230 e. The lowest BCUT2D eigenvalue weighted by molar-refractivity contribution is -0.119. The Bertz CT molecular complexity index is 947. The van der Waals surface area contributed by atoms with Crippen LogP contribution in [0.2, 0.25) is 5.02 Å². The lowest BCUT2D eigenvalue weighted by Crippen LogP contribution is -2.28. The van der Waals surface area contributed by atoms with E-state index in [0.29, 0.717) is 16.0 Å². The highest BCUT2D eigenvalue weighted by Crippen LogP contribution is 2.19. The average molecular weight is 417 g/mol. The van der Waals surface area contributed by atoms with Crippen molar-refractivity contribution < 1.29 is 9.53 Å². The predicted octanol–water partition coefficient (Wildman–Crippen LogP) is 4.32. The summed E-state index contributed by atoms with van der Waals surface area (Å²) in [5.41, 5.74) is 2.02. The van der Waals surface area contributed by atoms with Gasteiger partial charge in [-0.2, -0.15) is 0 Å². The minimum absolute atomic E-state index is 0.0972. The number of halogens is 1. The summed E-state index contributed by atoms with van der Waals surface area (Å²) in [7, 11) is 0. The van der Waals surface area contributed by atoms with E-state index in [1.54, 1.807) is 6.07 Å². The first-order chi connectivity index (χ1) is 13.5. The van der Waals surface area contributed by atoms with Crippen LogP contribution in [0.1, 0.15) is 29.9 Å². The number of nitrogens with zero attached hydrogens (tertiary/aromatic N) is 2. The standard InChI is InChI=1S/C20H21ClN4O2S/c1-13-6-3-4-9-17(13)27-11-18-23-20(25-24-18)28-12-19(26)22-14(2)15-7-5-8-16(21)10-15/h3-10,14H,11-12H2,1-2H3,(H,22,26)(H,23,24,25)/t14-/m0/s1. The summed E-state index contributed by atoms with van der Waals surface area (Å²) in [6.07, 6.45) is 0. The third-order valence-electron chi connectivity index (χ3n) is 4.03. The second-order valence-corrected chi connectivity index (χ2v) is 7.63. The fourth-order valence-electron chi connectivity index (χ4n) is 2.54. The number of amides is 1. The molecule has 0 saturated heterocycles. The largest absolute Gasteiger partial charge is 0.485 e. The van der Waals surface area contributed by atoms with Gasteiger partial charge in [0.05, 0.1) is 11.8 Å². The number of hydrogen-bond acceptors (Lipinski definition) is 5. The summed E-state index contributed by atoms with van der Waals surface area (Å²) in [4.78, 5) is 16.5. The number of nitrogens with one attached hydrogen (secondary N) is 2. The van der Waals surface area contributed by atoms with Gasteiger partial charge in [0.2, 0.25) is 11.1 Å². The number of ether oxygens (including phenoxy) is 1. The van der Waals surface area contributed by atoms with Crippen LogP contribution in [-0.2, 0) is 11.4 Å². The number of carbonyl (C=O) groups is 1. The molecule has 0 aliphatic heterocycles. The summed E-state index contributed by atoms with van der Waals surface area (Å²) in [6, 6.07) is 15.1. The van der Waals surface area contributed by atoms with Crippen LogP contribution < -0.4 is 10.1 Å². The Morgan fingerprint density at radius 1 is 1.29 bits per heavy atom. The molecule has 1 heterocycles. The van der Waals surface area contributed by atoms with Crippen LogP contribution in [0.25, 0.3) is 0 Å². The van der Waals surface area contributed by atoms with Crippen molar-refractivity contribution in [3.05, 3.63) is 70.5 Å². The molecule has 28 heavy (non-hydrogen) atoms. The van der Waals surface area contributed by atoms with Gasteiger partial charge < -0.3 is 10.1 Å². The van der Waals surface area contributed by atoms with Crippen molar-refractivity contribution in [1.82, 2.24) is 20.5 Å². The van der Waals surface area contributed by atoms with Crippen LogP contribution in [-0.4, -0.2) is 26.8 Å². The molecule has 2 aromatic carbocycles. The van der Waals surface area contributed by atoms with Crippen molar-refractivity contribution in [1.29, 1.82) is 0 Å². The van der Waals surface area contributed by atoms with E-state index in [1.165, 1.54) is 11.8 Å². The molecular formula is C20H21ClN4O2S. The predicted molar refractivity (Wildman–Crippen MR) is 111 cm³/mol. The van der Waals surface area contributed by atoms with Crippen molar-refractivity contribution in [3.8, 4) is 5.75 Å². The zero-order valence-electron chi connectivity index (χ0n) is 15.6. The molecule has 3 aromatic rings. The van der Waals surface area contributed by atoms with Gasteiger partial charge in [-0.25, -0.2) is 4.98 Å². The molecule has 0 saturated carbocycles. The minimum Gasteiger partial charge on any atom is -0.485 e. The Morgan fingerprint density at radius 2 is 2.11 bits per heavy atom. The molecule has 146 valence electrons. The van der Waals surface area contributed by atoms with E-state index in [4.69, 9.17) is 16.3 Å². The Kier molecular flexibility index (Phi) is 6.95. The van der Waals surface area contributed by atoms with Crippen molar-refractivity contribution in [2.75, 3.05) is 5.75 Å². The second kappa shape index (κ2) is 9.61. The summed E-state index contributed by atoms with van der Waals surface area (Å²) in [5.74, 6) is 1.54. The number of aromatic amines is 1. The molecule has 8 heteroatoms. The van der Waals surface area contributed by atoms with E-state index in [1.807, 2.05) is 56.3 Å². The average Bonchev–Trinajstić information content (AvgIpc) is 3.14. The van der Waals surface area contributed by atoms with Gasteiger partial charge in [-0.3, -0.25) is 9.89 Å². The van der Waals surface area contributed by atoms with Crippen LogP contribution >= 0.6 is 23.4 Å². The maximum Gasteiger partial charge on any atom is 0.230 e. The van der Waals surface area contributed by atoms with Crippen LogP contribution in [0.4, 0.5) is 0 Å². The molecule has 0 spiro atoms. The van der Waals surface area contributed by atoms with Gasteiger partial charge in [-0.15, -0.1) is 5.10 Å². The lowest BCUT2D eigenvalue weighted by atomic mass is 10.1. The van der Waals surface area contributed by atoms with Crippen LogP contribution in [0.5, 0.6) is 5.75 Å². The zero-order chi connectivity index (χ0) is 19.9. The number of carbonyl (C=O) groups excluding carboxylic acids is 1. The van der Waals surface area contributed by atoms with Crippen molar-refractivity contribution in [2.24, 2.45) is 0 Å². The number of rotatable bonds is 8. The Balaban J connectivity index is 1.46. The number of para-hydroxylation sites is 1. The molecule has 0 bridgehead atoms. The van der Waals surface area contributed by atoms with Gasteiger partial charge in [0, 0.05) is 5.02 Å². The van der Waals surface area contributed by atoms with E-state index in [-0.39, 0.29) is 24.3 Å². The summed E-state index contributed by atoms with van der Waals surface area (Å²) < 4.78 is 5.74. The zero-order valence-corrected chi connectivity index (χ0v) is 17.2. The molecule has 1 atom stereocenters. The van der Waals surface area contributed by atoms with E-state index in [2.05, 4.69) is 20.5 Å². The van der Waals surface area contributed by atoms with Gasteiger partial charge >= 0.3 is 0 Å². The number of benzene rings is 2. The normalized spacial score (nSPS) is 11.8. The third kappa shape index (κ3) is 5.74. The van der Waals surface area contributed by atoms with Crippen LogP contribution in [0.15, 0.2) is 53.7 Å². The second-order valence-electron chi connectivity index (χ2n) is 6.25. The quantitative estimate of drug-likeness (QED) is 0.535. The number of aromatic nitrogens is 3. The van der Waals surface area contributed by atoms with Gasteiger partial charge in [-0.05, 0) is 43.2 Å². The third-order valence-corrected chi connectivity index (χ3v) is 5.11. The highest BCUT2D eigenvalue weighted by atomic mass is 35.5. The van der Waals surface area contributed by atoms with Crippen LogP contribution in [0.3, 0.4) is 0 Å². The molecule has 0 radical (unpaired) electrons. The topological polar surface area (TPSA) is 79.9 Å². The molecular weight excluding hydrogens is 396 g/mol. The molecule has 0 aliphatic carbocycles. The Hall–Kier alpha value is -2.51. The number of H-pyrrole nitrogens is 1. The first-order valence-electron chi connectivity index (χ1n) is 8.78. The maximum atomic E-state index is 12.2. The van der Waals surface area contributed by atoms with Gasteiger partial charge in [0.1, 0.15) is 12.4 Å².